The summed E-state index contributed by atoms with van der Waals surface area (Å²) in [5, 5.41) is 13.7. The standard InChI is InChI=1S/C22H37N3O4.C2HF3O2/c1-29-20(26)7-2-16-10-14-25(15-11-16)22(28)18-3-5-19(6-4-18)24-21(27)17-8-12-23-13-9-17;3-2(4,5)1(6)7/h16-19,23H,2-15H2,1H3,(H,24,27);(H,6,7)/t18-,19-;. The number of esters is 1. The Morgan fingerprint density at radius 3 is 2.00 bits per heavy atom. The van der Waals surface area contributed by atoms with Crippen molar-refractivity contribution in [2.45, 2.75) is 76.4 Å². The summed E-state index contributed by atoms with van der Waals surface area (Å²) in [6.45, 7) is 3.46. The average Bonchev–Trinajstić information content (AvgIpc) is 2.88. The minimum absolute atomic E-state index is 0.105. The zero-order chi connectivity index (χ0) is 26.7. The molecule has 9 nitrogen and oxygen atoms in total. The lowest BCUT2D eigenvalue weighted by Gasteiger charge is -2.36. The first kappa shape index (κ1) is 29.9. The smallest absolute Gasteiger partial charge is 0.475 e. The highest BCUT2D eigenvalue weighted by atomic mass is 19.4. The van der Waals surface area contributed by atoms with Crippen LogP contribution in [-0.2, 0) is 23.9 Å². The molecule has 0 unspecified atom stereocenters. The fourth-order valence-electron chi connectivity index (χ4n) is 5.01. The van der Waals surface area contributed by atoms with Gasteiger partial charge in [-0.1, -0.05) is 0 Å². The molecule has 1 aliphatic carbocycles. The third-order valence-corrected chi connectivity index (χ3v) is 7.29. The number of nitrogens with zero attached hydrogens (tertiary/aromatic N) is 1. The monoisotopic (exact) mass is 521 g/mol. The number of likely N-dealkylation sites (tertiary alicyclic amines) is 1. The third-order valence-electron chi connectivity index (χ3n) is 7.29. The van der Waals surface area contributed by atoms with E-state index in [0.29, 0.717) is 18.2 Å². The molecular formula is C24H38F3N3O6. The lowest BCUT2D eigenvalue weighted by molar-refractivity contribution is -0.192. The first-order valence-corrected chi connectivity index (χ1v) is 12.7. The highest BCUT2D eigenvalue weighted by Gasteiger charge is 2.38. The zero-order valence-corrected chi connectivity index (χ0v) is 20.8. The number of carbonyl (C=O) groups is 4. The van der Waals surface area contributed by atoms with Gasteiger partial charge in [0.2, 0.25) is 11.8 Å². The molecular weight excluding hydrogens is 483 g/mol. The van der Waals surface area contributed by atoms with Crippen molar-refractivity contribution >= 4 is 23.8 Å². The topological polar surface area (TPSA) is 125 Å². The molecule has 3 rings (SSSR count). The van der Waals surface area contributed by atoms with E-state index in [9.17, 15) is 27.6 Å². The Morgan fingerprint density at radius 2 is 1.50 bits per heavy atom. The molecule has 206 valence electrons. The molecule has 0 spiro atoms. The summed E-state index contributed by atoms with van der Waals surface area (Å²) < 4.78 is 36.5. The van der Waals surface area contributed by atoms with Crippen molar-refractivity contribution in [3.63, 3.8) is 0 Å². The number of hydrogen-bond acceptors (Lipinski definition) is 6. The van der Waals surface area contributed by atoms with Gasteiger partial charge in [0.1, 0.15) is 0 Å². The quantitative estimate of drug-likeness (QED) is 0.459. The normalized spacial score (nSPS) is 23.7. The predicted molar refractivity (Wildman–Crippen MR) is 124 cm³/mol. The van der Waals surface area contributed by atoms with Gasteiger partial charge in [-0.25, -0.2) is 4.79 Å². The molecule has 0 atom stereocenters. The summed E-state index contributed by atoms with van der Waals surface area (Å²) in [4.78, 5) is 47.6. The number of nitrogens with one attached hydrogen (secondary N) is 2. The Balaban J connectivity index is 0.000000572. The SMILES string of the molecule is COC(=O)CCC1CCN(C(=O)[C@H]2CC[C@H](NC(=O)C3CCNCC3)CC2)CC1.O=C(O)C(F)(F)F. The number of aliphatic carboxylic acids is 1. The molecule has 0 aromatic heterocycles. The summed E-state index contributed by atoms with van der Waals surface area (Å²) in [6.07, 6.45) is 3.61. The first-order valence-electron chi connectivity index (χ1n) is 12.7. The van der Waals surface area contributed by atoms with Gasteiger partial charge < -0.3 is 25.4 Å². The molecule has 2 saturated heterocycles. The van der Waals surface area contributed by atoms with E-state index >= 15 is 0 Å². The number of halogens is 3. The van der Waals surface area contributed by atoms with Gasteiger partial charge in [-0.15, -0.1) is 0 Å². The fourth-order valence-corrected chi connectivity index (χ4v) is 5.01. The van der Waals surface area contributed by atoms with Crippen molar-refractivity contribution in [1.29, 1.82) is 0 Å². The molecule has 2 amide bonds. The Hall–Kier alpha value is -2.37. The number of alkyl halides is 3. The van der Waals surface area contributed by atoms with Gasteiger partial charge in [0.15, 0.2) is 0 Å². The van der Waals surface area contributed by atoms with Gasteiger partial charge in [0, 0.05) is 37.4 Å². The highest BCUT2D eigenvalue weighted by Crippen LogP contribution is 2.29. The maximum atomic E-state index is 12.9. The van der Waals surface area contributed by atoms with Crippen LogP contribution in [0.2, 0.25) is 0 Å². The van der Waals surface area contributed by atoms with Gasteiger partial charge in [0.05, 0.1) is 7.11 Å². The van der Waals surface area contributed by atoms with Crippen molar-refractivity contribution in [3.05, 3.63) is 0 Å². The molecule has 2 heterocycles. The lowest BCUT2D eigenvalue weighted by atomic mass is 9.83. The number of hydrogen-bond donors (Lipinski definition) is 3. The van der Waals surface area contributed by atoms with Crippen LogP contribution in [0.3, 0.4) is 0 Å². The second kappa shape index (κ2) is 14.4. The van der Waals surface area contributed by atoms with Crippen LogP contribution < -0.4 is 10.6 Å². The third kappa shape index (κ3) is 9.94. The highest BCUT2D eigenvalue weighted by molar-refractivity contribution is 5.80. The van der Waals surface area contributed by atoms with Crippen molar-refractivity contribution in [1.82, 2.24) is 15.5 Å². The molecule has 0 aromatic rings. The second-order valence-corrected chi connectivity index (χ2v) is 9.77. The molecule has 0 radical (unpaired) electrons. The summed E-state index contributed by atoms with van der Waals surface area (Å²) >= 11 is 0. The van der Waals surface area contributed by atoms with Gasteiger partial charge in [-0.05, 0) is 76.8 Å². The van der Waals surface area contributed by atoms with E-state index in [2.05, 4.69) is 10.6 Å². The van der Waals surface area contributed by atoms with Crippen LogP contribution >= 0.6 is 0 Å². The van der Waals surface area contributed by atoms with E-state index in [1.807, 2.05) is 4.90 Å². The Morgan fingerprint density at radius 1 is 0.944 bits per heavy atom. The van der Waals surface area contributed by atoms with Crippen molar-refractivity contribution in [2.75, 3.05) is 33.3 Å². The summed E-state index contributed by atoms with van der Waals surface area (Å²) in [5.74, 6) is -1.64. The summed E-state index contributed by atoms with van der Waals surface area (Å²) in [7, 11) is 1.43. The van der Waals surface area contributed by atoms with E-state index in [-0.39, 0.29) is 29.8 Å². The van der Waals surface area contributed by atoms with Crippen LogP contribution in [0.4, 0.5) is 13.2 Å². The van der Waals surface area contributed by atoms with E-state index < -0.39 is 12.1 Å². The maximum Gasteiger partial charge on any atom is 0.490 e. The number of rotatable bonds is 6. The summed E-state index contributed by atoms with van der Waals surface area (Å²) in [6, 6.07) is 0.227. The zero-order valence-electron chi connectivity index (χ0n) is 20.8. The predicted octanol–water partition coefficient (Wildman–Crippen LogP) is 2.49. The Labute approximate surface area is 209 Å². The van der Waals surface area contributed by atoms with Gasteiger partial charge >= 0.3 is 18.1 Å². The van der Waals surface area contributed by atoms with Crippen molar-refractivity contribution < 1.29 is 42.2 Å². The molecule has 0 aromatic carbocycles. The van der Waals surface area contributed by atoms with Crippen LogP contribution in [-0.4, -0.2) is 79.3 Å². The van der Waals surface area contributed by atoms with Crippen LogP contribution in [0.25, 0.3) is 0 Å². The van der Waals surface area contributed by atoms with E-state index in [0.717, 1.165) is 84.0 Å². The molecule has 3 fully saturated rings. The number of methoxy groups -OCH3 is 1. The van der Waals surface area contributed by atoms with E-state index in [1.165, 1.54) is 7.11 Å². The molecule has 3 aliphatic rings. The van der Waals surface area contributed by atoms with Gasteiger partial charge in [-0.3, -0.25) is 14.4 Å². The van der Waals surface area contributed by atoms with Gasteiger partial charge in [-0.2, -0.15) is 13.2 Å². The van der Waals surface area contributed by atoms with Crippen LogP contribution in [0.5, 0.6) is 0 Å². The maximum absolute atomic E-state index is 12.9. The van der Waals surface area contributed by atoms with Crippen molar-refractivity contribution in [2.24, 2.45) is 17.8 Å². The first-order chi connectivity index (χ1) is 17.0. The van der Waals surface area contributed by atoms with Crippen LogP contribution in [0.15, 0.2) is 0 Å². The number of ether oxygens (including phenoxy) is 1. The summed E-state index contributed by atoms with van der Waals surface area (Å²) in [5.41, 5.74) is 0. The number of carbonyl (C=O) groups excluding carboxylic acids is 3. The van der Waals surface area contributed by atoms with Crippen molar-refractivity contribution in [3.8, 4) is 0 Å². The van der Waals surface area contributed by atoms with Crippen LogP contribution in [0.1, 0.15) is 64.2 Å². The minimum Gasteiger partial charge on any atom is -0.475 e. The average molecular weight is 522 g/mol. The number of carboxylic acids is 1. The Bertz CT molecular complexity index is 742. The van der Waals surface area contributed by atoms with Crippen LogP contribution in [0, 0.1) is 17.8 Å². The minimum atomic E-state index is -5.08. The fraction of sp³-hybridized carbons (Fsp3) is 0.833. The molecule has 36 heavy (non-hydrogen) atoms. The molecule has 2 aliphatic heterocycles. The lowest BCUT2D eigenvalue weighted by Crippen LogP contribution is -2.46. The van der Waals surface area contributed by atoms with E-state index in [4.69, 9.17) is 14.6 Å². The largest absolute Gasteiger partial charge is 0.490 e. The Kier molecular flexibility index (Phi) is 11.9. The molecule has 0 bridgehead atoms. The molecule has 3 N–H and O–H groups in total. The molecule has 12 heteroatoms. The number of piperidine rings is 2. The molecule has 1 saturated carbocycles. The van der Waals surface area contributed by atoms with Gasteiger partial charge in [0.25, 0.3) is 0 Å². The number of amides is 2. The van der Waals surface area contributed by atoms with E-state index in [1.54, 1.807) is 0 Å². The number of carboxylic acid groups (broad SMARTS) is 1. The second-order valence-electron chi connectivity index (χ2n) is 9.77.